The van der Waals surface area contributed by atoms with E-state index in [0.29, 0.717) is 21.5 Å². The van der Waals surface area contributed by atoms with E-state index >= 15 is 0 Å². The molecular weight excluding hydrogens is 980 g/mol. The summed E-state index contributed by atoms with van der Waals surface area (Å²) >= 11 is 0. The Labute approximate surface area is 424 Å². The molecule has 0 aliphatic rings. The topological polar surface area (TPSA) is 77.7 Å². The fourth-order valence-electron chi connectivity index (χ4n) is 11.2. The van der Waals surface area contributed by atoms with Gasteiger partial charge >= 0.3 is 33.0 Å². The molecule has 0 unspecified atom stereocenters. The van der Waals surface area contributed by atoms with Gasteiger partial charge in [-0.05, 0) is 128 Å². The van der Waals surface area contributed by atoms with Crippen LogP contribution in [0.25, 0.3) is 120 Å². The zero-order valence-electron chi connectivity index (χ0n) is 40.8. The summed E-state index contributed by atoms with van der Waals surface area (Å²) in [7, 11) is -10.7. The molecule has 9 aromatic carbocycles. The normalized spacial score (nSPS) is 12.9. The number of halogens is 6. The Morgan fingerprint density at radius 1 is 0.427 bits per heavy atom. The Kier molecular flexibility index (Phi) is 11.4. The Bertz CT molecular complexity index is 4400. The zero-order valence-corrected chi connectivity index (χ0v) is 41.7. The standard InChI is InChI=1S/C59H43N4O2.C2H3N.F6P/c1-3-30-60-48-24-15-25-49-56(48)57(54-42-34-52-44(32-36(42)26-28-50(54)60)58(64)40-20-11-13-22-46(40)62(52)38-16-7-5-8-17-38)55-43-35-53-45(33-37(43)27-29-51(55)61(49)31-4-2)59(65)41-21-12-14-23-47(41)63(53)39-18-9-6-10-19-39;1-2-3;1-7(2,3,4,5)6/h5-29,32-35H,3-4,30-31H2,1-2H3;1H3;/q+1;;-1. The maximum atomic E-state index is 14.6. The molecule has 0 saturated heterocycles. The Morgan fingerprint density at radius 2 is 0.773 bits per heavy atom. The molecule has 13 rings (SSSR count). The molecular formula is C61H46F6N5O2P. The number of para-hydroxylation sites is 4. The third kappa shape index (κ3) is 8.55. The molecule has 0 atom stereocenters. The SMILES string of the molecule is CC#N.CCCn1c2ccc3cc4c(=O)c5ccccc5n(-c5ccccc5)c4cc3c2[c+]2c3c4cc5c(cc4ccc3n(CCC)c3cccc1c32)c(=O)c1ccccc1n5-c1ccccc1.F[P-](F)(F)(F)(F)F. The van der Waals surface area contributed by atoms with Gasteiger partial charge in [-0.2, -0.15) is 5.26 Å². The fraction of sp³-hybridized carbons (Fsp3) is 0.115. The Hall–Kier alpha value is -8.59. The monoisotopic (exact) mass is 1030 g/mol. The van der Waals surface area contributed by atoms with Crippen LogP contribution in [0.5, 0.6) is 0 Å². The van der Waals surface area contributed by atoms with E-state index in [9.17, 15) is 34.8 Å². The van der Waals surface area contributed by atoms with E-state index in [0.717, 1.165) is 103 Å². The van der Waals surface area contributed by atoms with Gasteiger partial charge < -0.3 is 9.13 Å². The predicted molar refractivity (Wildman–Crippen MR) is 299 cm³/mol. The molecule has 0 aliphatic carbocycles. The molecule has 7 nitrogen and oxygen atoms in total. The number of benzene rings is 9. The summed E-state index contributed by atoms with van der Waals surface area (Å²) in [4.78, 5) is 29.1. The number of hydrogen-bond donors (Lipinski definition) is 0. The number of aryl methyl sites for hydroxylation is 2. The molecule has 75 heavy (non-hydrogen) atoms. The van der Waals surface area contributed by atoms with Crippen molar-refractivity contribution in [2.75, 3.05) is 0 Å². The minimum absolute atomic E-state index is 0.0309. The van der Waals surface area contributed by atoms with Crippen LogP contribution in [-0.4, -0.2) is 18.3 Å². The van der Waals surface area contributed by atoms with Gasteiger partial charge in [-0.3, -0.25) is 18.7 Å². The van der Waals surface area contributed by atoms with E-state index in [1.165, 1.54) is 28.7 Å². The van der Waals surface area contributed by atoms with Gasteiger partial charge in [0.15, 0.2) is 10.9 Å². The van der Waals surface area contributed by atoms with Crippen LogP contribution in [0, 0.1) is 11.3 Å². The quantitative estimate of drug-likeness (QED) is 0.0547. The van der Waals surface area contributed by atoms with Gasteiger partial charge in [-0.25, -0.2) is 0 Å². The molecule has 4 heterocycles. The van der Waals surface area contributed by atoms with Crippen LogP contribution in [0.3, 0.4) is 0 Å². The Morgan fingerprint density at radius 3 is 1.16 bits per heavy atom. The van der Waals surface area contributed by atoms with Gasteiger partial charge in [0, 0.05) is 74.5 Å². The van der Waals surface area contributed by atoms with Crippen LogP contribution in [0.1, 0.15) is 33.6 Å². The molecule has 0 N–H and O–H groups in total. The van der Waals surface area contributed by atoms with Crippen LogP contribution in [-0.2, 0) is 13.1 Å². The fourth-order valence-corrected chi connectivity index (χ4v) is 11.2. The van der Waals surface area contributed by atoms with Crippen molar-refractivity contribution in [2.45, 2.75) is 46.7 Å². The summed E-state index contributed by atoms with van der Waals surface area (Å²) in [6.07, 6.45) is 1.92. The number of hydrogen-bond acceptors (Lipinski definition) is 3. The van der Waals surface area contributed by atoms with E-state index in [2.05, 4.69) is 160 Å². The molecule has 0 spiro atoms. The number of rotatable bonds is 6. The van der Waals surface area contributed by atoms with E-state index < -0.39 is 7.81 Å². The summed E-state index contributed by atoms with van der Waals surface area (Å²) in [6, 6.07) is 63.1. The molecule has 374 valence electrons. The van der Waals surface area contributed by atoms with Gasteiger partial charge in [0.05, 0.1) is 55.3 Å². The summed E-state index contributed by atoms with van der Waals surface area (Å²) < 4.78 is 68.7. The first-order valence-electron chi connectivity index (χ1n) is 24.5. The molecule has 0 bridgehead atoms. The van der Waals surface area contributed by atoms with Crippen molar-refractivity contribution in [3.05, 3.63) is 196 Å². The van der Waals surface area contributed by atoms with Crippen molar-refractivity contribution in [2.24, 2.45) is 0 Å². The number of nitriles is 1. The van der Waals surface area contributed by atoms with Crippen molar-refractivity contribution in [1.82, 2.24) is 18.3 Å². The predicted octanol–water partition coefficient (Wildman–Crippen LogP) is 18.1. The average molecular weight is 1030 g/mol. The molecule has 0 saturated carbocycles. The summed E-state index contributed by atoms with van der Waals surface area (Å²) in [5.41, 5.74) is 10.2. The van der Waals surface area contributed by atoms with E-state index in [1.54, 1.807) is 6.07 Å². The molecule has 0 amide bonds. The Balaban J connectivity index is 0.000000554. The molecule has 0 radical (unpaired) electrons. The van der Waals surface area contributed by atoms with Crippen LogP contribution in [0.15, 0.2) is 186 Å². The third-order valence-corrected chi connectivity index (χ3v) is 13.8. The van der Waals surface area contributed by atoms with E-state index in [-0.39, 0.29) is 10.9 Å². The van der Waals surface area contributed by atoms with Gasteiger partial charge in [0.25, 0.3) is 0 Å². The third-order valence-electron chi connectivity index (χ3n) is 13.8. The summed E-state index contributed by atoms with van der Waals surface area (Å²) in [5, 5.41) is 19.0. The maximum absolute atomic E-state index is 14.6. The van der Waals surface area contributed by atoms with Crippen LogP contribution in [0.2, 0.25) is 0 Å². The van der Waals surface area contributed by atoms with Gasteiger partial charge in [-0.1, -0.05) is 74.5 Å². The average Bonchev–Trinajstić information content (AvgIpc) is 3.42. The van der Waals surface area contributed by atoms with Gasteiger partial charge in [0.1, 0.15) is 16.4 Å². The van der Waals surface area contributed by atoms with Crippen molar-refractivity contribution in [3.63, 3.8) is 0 Å². The van der Waals surface area contributed by atoms with Crippen LogP contribution < -0.4 is 10.9 Å². The van der Waals surface area contributed by atoms with Crippen LogP contribution in [0.4, 0.5) is 25.2 Å². The van der Waals surface area contributed by atoms with Crippen molar-refractivity contribution < 1.29 is 25.2 Å². The molecule has 4 aromatic heterocycles. The second-order valence-corrected chi connectivity index (χ2v) is 20.6. The first-order chi connectivity index (χ1) is 35.9. The first-order valence-corrected chi connectivity index (χ1v) is 26.6. The molecule has 13 aromatic rings. The minimum atomic E-state index is -10.7. The van der Waals surface area contributed by atoms with Gasteiger partial charge in [0.2, 0.25) is 0 Å². The van der Waals surface area contributed by atoms with E-state index in [4.69, 9.17) is 5.26 Å². The second-order valence-electron chi connectivity index (χ2n) is 18.7. The second kappa shape index (κ2) is 17.5. The summed E-state index contributed by atoms with van der Waals surface area (Å²) in [5.74, 6) is 0. The zero-order chi connectivity index (χ0) is 52.6. The molecule has 14 heteroatoms. The number of pyridine rings is 4. The first kappa shape index (κ1) is 48.7. The molecule has 0 aliphatic heterocycles. The summed E-state index contributed by atoms with van der Waals surface area (Å²) in [6.45, 7) is 7.61. The number of nitrogens with zero attached hydrogens (tertiary/aromatic N) is 5. The number of aromatic nitrogens is 4. The van der Waals surface area contributed by atoms with Gasteiger partial charge in [-0.15, -0.1) is 0 Å². The number of fused-ring (bicyclic) bond motifs is 12. The van der Waals surface area contributed by atoms with E-state index in [1.807, 2.05) is 48.5 Å². The van der Waals surface area contributed by atoms with Crippen molar-refractivity contribution in [1.29, 1.82) is 5.26 Å². The van der Waals surface area contributed by atoms with Crippen molar-refractivity contribution in [3.8, 4) is 17.4 Å². The van der Waals surface area contributed by atoms with Crippen LogP contribution >= 0.6 is 7.81 Å². The molecule has 0 fully saturated rings. The van der Waals surface area contributed by atoms with Crippen molar-refractivity contribution >= 4 is 117 Å².